The maximum absolute atomic E-state index is 11.9. The number of anilines is 1. The highest BCUT2D eigenvalue weighted by Crippen LogP contribution is 2.16. The molecule has 4 N–H and O–H groups in total. The Kier molecular flexibility index (Phi) is 3.35. The molecule has 1 aromatic carbocycles. The predicted molar refractivity (Wildman–Crippen MR) is 68.2 cm³/mol. The molecule has 0 atom stereocenters. The number of H-pyrrole nitrogens is 1. The van der Waals surface area contributed by atoms with Crippen LogP contribution in [-0.4, -0.2) is 18.6 Å². The fraction of sp³-hybridized carbons (Fsp3) is 0.182. The van der Waals surface area contributed by atoms with Crippen LogP contribution in [0.2, 0.25) is 0 Å². The third kappa shape index (κ3) is 2.52. The zero-order valence-electron chi connectivity index (χ0n) is 9.84. The van der Waals surface area contributed by atoms with Gasteiger partial charge in [0.1, 0.15) is 4.90 Å². The van der Waals surface area contributed by atoms with Crippen molar-refractivity contribution in [1.82, 2.24) is 14.9 Å². The molecule has 18 heavy (non-hydrogen) atoms. The molecule has 0 bridgehead atoms. The van der Waals surface area contributed by atoms with E-state index in [0.717, 1.165) is 11.1 Å². The van der Waals surface area contributed by atoms with Crippen LogP contribution in [0.3, 0.4) is 0 Å². The second kappa shape index (κ2) is 4.79. The van der Waals surface area contributed by atoms with Gasteiger partial charge < -0.3 is 5.73 Å². The zero-order chi connectivity index (χ0) is 13.2. The number of benzene rings is 1. The maximum Gasteiger partial charge on any atom is 0.243 e. The fourth-order valence-corrected chi connectivity index (χ4v) is 2.45. The summed E-state index contributed by atoms with van der Waals surface area (Å²) in [6.45, 7) is 2.06. The van der Waals surface area contributed by atoms with Gasteiger partial charge in [-0.15, -0.1) is 0 Å². The molecule has 6 nitrogen and oxygen atoms in total. The van der Waals surface area contributed by atoms with E-state index in [-0.39, 0.29) is 11.4 Å². The van der Waals surface area contributed by atoms with Gasteiger partial charge in [0.2, 0.25) is 10.0 Å². The highest BCUT2D eigenvalue weighted by Gasteiger charge is 2.15. The molecular formula is C11H14N4O2S. The summed E-state index contributed by atoms with van der Waals surface area (Å²) in [4.78, 5) is 0.115. The van der Waals surface area contributed by atoms with Gasteiger partial charge >= 0.3 is 0 Å². The van der Waals surface area contributed by atoms with E-state index in [1.54, 1.807) is 12.1 Å². The minimum Gasteiger partial charge on any atom is -0.399 e. The minimum atomic E-state index is -3.53. The SMILES string of the molecule is Cc1c(N)cccc1CNS(=O)(=O)c1cn[nH]c1. The van der Waals surface area contributed by atoms with Gasteiger partial charge in [0.05, 0.1) is 6.20 Å². The monoisotopic (exact) mass is 266 g/mol. The predicted octanol–water partition coefficient (Wildman–Crippen LogP) is 0.779. The molecule has 0 spiro atoms. The van der Waals surface area contributed by atoms with Crippen molar-refractivity contribution in [3.63, 3.8) is 0 Å². The average molecular weight is 266 g/mol. The molecule has 0 amide bonds. The summed E-state index contributed by atoms with van der Waals surface area (Å²) in [5, 5.41) is 6.08. The van der Waals surface area contributed by atoms with Gasteiger partial charge in [-0.1, -0.05) is 12.1 Å². The summed E-state index contributed by atoms with van der Waals surface area (Å²) in [5.41, 5.74) is 8.14. The average Bonchev–Trinajstić information content (AvgIpc) is 2.85. The molecule has 0 aliphatic rings. The number of hydrogen-bond acceptors (Lipinski definition) is 4. The van der Waals surface area contributed by atoms with Crippen molar-refractivity contribution in [2.45, 2.75) is 18.4 Å². The Balaban J connectivity index is 2.15. The van der Waals surface area contributed by atoms with Crippen molar-refractivity contribution >= 4 is 15.7 Å². The number of aromatic amines is 1. The summed E-state index contributed by atoms with van der Waals surface area (Å²) >= 11 is 0. The highest BCUT2D eigenvalue weighted by molar-refractivity contribution is 7.89. The highest BCUT2D eigenvalue weighted by atomic mass is 32.2. The van der Waals surface area contributed by atoms with Crippen LogP contribution in [0, 0.1) is 6.92 Å². The van der Waals surface area contributed by atoms with E-state index in [2.05, 4.69) is 14.9 Å². The van der Waals surface area contributed by atoms with Crippen LogP contribution in [-0.2, 0) is 16.6 Å². The largest absolute Gasteiger partial charge is 0.399 e. The Morgan fingerprint density at radius 3 is 2.89 bits per heavy atom. The van der Waals surface area contributed by atoms with Gasteiger partial charge in [-0.2, -0.15) is 5.10 Å². The molecule has 0 saturated heterocycles. The standard InChI is InChI=1S/C11H14N4O2S/c1-8-9(3-2-4-11(8)12)5-15-18(16,17)10-6-13-14-7-10/h2-4,6-7,15H,5,12H2,1H3,(H,13,14). The van der Waals surface area contributed by atoms with E-state index in [0.29, 0.717) is 5.69 Å². The van der Waals surface area contributed by atoms with E-state index >= 15 is 0 Å². The first-order valence-electron chi connectivity index (χ1n) is 5.33. The van der Waals surface area contributed by atoms with Gasteiger partial charge in [0, 0.05) is 18.4 Å². The van der Waals surface area contributed by atoms with E-state index in [1.165, 1.54) is 12.4 Å². The van der Waals surface area contributed by atoms with Crippen molar-refractivity contribution in [2.75, 3.05) is 5.73 Å². The summed E-state index contributed by atoms with van der Waals surface area (Å²) < 4.78 is 26.2. The van der Waals surface area contributed by atoms with Crippen LogP contribution in [0.15, 0.2) is 35.5 Å². The first-order chi connectivity index (χ1) is 8.50. The Morgan fingerprint density at radius 2 is 2.22 bits per heavy atom. The van der Waals surface area contributed by atoms with Crippen LogP contribution < -0.4 is 10.5 Å². The van der Waals surface area contributed by atoms with Crippen LogP contribution in [0.5, 0.6) is 0 Å². The first kappa shape index (κ1) is 12.6. The molecule has 96 valence electrons. The smallest absolute Gasteiger partial charge is 0.243 e. The molecule has 0 radical (unpaired) electrons. The van der Waals surface area contributed by atoms with E-state index in [9.17, 15) is 8.42 Å². The van der Waals surface area contributed by atoms with Gasteiger partial charge in [-0.25, -0.2) is 13.1 Å². The van der Waals surface area contributed by atoms with Crippen LogP contribution in [0.4, 0.5) is 5.69 Å². The van der Waals surface area contributed by atoms with Crippen molar-refractivity contribution in [1.29, 1.82) is 0 Å². The van der Waals surface area contributed by atoms with Crippen molar-refractivity contribution in [3.05, 3.63) is 41.7 Å². The number of nitrogens with two attached hydrogens (primary N) is 1. The summed E-state index contributed by atoms with van der Waals surface area (Å²) in [5.74, 6) is 0. The number of hydrogen-bond donors (Lipinski definition) is 3. The molecule has 1 aromatic heterocycles. The molecule has 2 rings (SSSR count). The summed E-state index contributed by atoms with van der Waals surface area (Å²) in [6.07, 6.45) is 2.59. The lowest BCUT2D eigenvalue weighted by atomic mass is 10.1. The van der Waals surface area contributed by atoms with Crippen molar-refractivity contribution < 1.29 is 8.42 Å². The van der Waals surface area contributed by atoms with Crippen LogP contribution in [0.1, 0.15) is 11.1 Å². The molecule has 2 aromatic rings. The third-order valence-corrected chi connectivity index (χ3v) is 4.09. The molecule has 0 aliphatic carbocycles. The molecule has 0 unspecified atom stereocenters. The Hall–Kier alpha value is -1.86. The molecule has 1 heterocycles. The zero-order valence-corrected chi connectivity index (χ0v) is 10.7. The van der Waals surface area contributed by atoms with Crippen LogP contribution >= 0.6 is 0 Å². The lowest BCUT2D eigenvalue weighted by molar-refractivity contribution is 0.581. The minimum absolute atomic E-state index is 0.115. The van der Waals surface area contributed by atoms with Crippen LogP contribution in [0.25, 0.3) is 0 Å². The third-order valence-electron chi connectivity index (χ3n) is 2.72. The van der Waals surface area contributed by atoms with Gasteiger partial charge in [0.15, 0.2) is 0 Å². The Labute approximate surface area is 105 Å². The van der Waals surface area contributed by atoms with E-state index in [4.69, 9.17) is 5.73 Å². The van der Waals surface area contributed by atoms with E-state index < -0.39 is 10.0 Å². The van der Waals surface area contributed by atoms with E-state index in [1.807, 2.05) is 13.0 Å². The van der Waals surface area contributed by atoms with Crippen molar-refractivity contribution in [2.24, 2.45) is 0 Å². The lowest BCUT2D eigenvalue weighted by Gasteiger charge is -2.09. The molecule has 0 aliphatic heterocycles. The Bertz CT molecular complexity index is 635. The topological polar surface area (TPSA) is 101 Å². The number of nitrogen functional groups attached to an aromatic ring is 1. The Morgan fingerprint density at radius 1 is 1.44 bits per heavy atom. The normalized spacial score (nSPS) is 11.6. The van der Waals surface area contributed by atoms with Gasteiger partial charge in [-0.05, 0) is 24.1 Å². The van der Waals surface area contributed by atoms with Gasteiger partial charge in [0.25, 0.3) is 0 Å². The lowest BCUT2D eigenvalue weighted by Crippen LogP contribution is -2.23. The quantitative estimate of drug-likeness (QED) is 0.712. The summed E-state index contributed by atoms with van der Waals surface area (Å²) in [6, 6.07) is 5.41. The maximum atomic E-state index is 11.9. The number of nitrogens with one attached hydrogen (secondary N) is 2. The fourth-order valence-electron chi connectivity index (χ4n) is 1.54. The second-order valence-corrected chi connectivity index (χ2v) is 5.66. The molecular weight excluding hydrogens is 252 g/mol. The first-order valence-corrected chi connectivity index (χ1v) is 6.81. The number of rotatable bonds is 4. The number of sulfonamides is 1. The van der Waals surface area contributed by atoms with Crippen molar-refractivity contribution in [3.8, 4) is 0 Å². The summed E-state index contributed by atoms with van der Waals surface area (Å²) in [7, 11) is -3.53. The molecule has 0 fully saturated rings. The number of aromatic nitrogens is 2. The van der Waals surface area contributed by atoms with Gasteiger partial charge in [-0.3, -0.25) is 5.10 Å². The second-order valence-electron chi connectivity index (χ2n) is 3.89. The molecule has 0 saturated carbocycles. The molecule has 7 heteroatoms. The number of nitrogens with zero attached hydrogens (tertiary/aromatic N) is 1.